The van der Waals surface area contributed by atoms with E-state index < -0.39 is 5.60 Å². The maximum absolute atomic E-state index is 13.2. The van der Waals surface area contributed by atoms with Crippen LogP contribution in [0.25, 0.3) is 0 Å². The second kappa shape index (κ2) is 6.29. The van der Waals surface area contributed by atoms with E-state index in [-0.39, 0.29) is 18.3 Å². The van der Waals surface area contributed by atoms with Crippen LogP contribution >= 0.6 is 15.9 Å². The molecule has 0 atom stereocenters. The summed E-state index contributed by atoms with van der Waals surface area (Å²) in [7, 11) is 0. The van der Waals surface area contributed by atoms with E-state index in [2.05, 4.69) is 21.2 Å². The van der Waals surface area contributed by atoms with Crippen LogP contribution in [0.2, 0.25) is 0 Å². The molecule has 0 saturated heterocycles. The first-order valence-corrected chi connectivity index (χ1v) is 6.44. The quantitative estimate of drug-likeness (QED) is 0.867. The van der Waals surface area contributed by atoms with Gasteiger partial charge in [-0.1, -0.05) is 12.1 Å². The highest BCUT2D eigenvalue weighted by molar-refractivity contribution is 9.10. The van der Waals surface area contributed by atoms with Crippen molar-refractivity contribution in [2.75, 3.05) is 6.54 Å². The van der Waals surface area contributed by atoms with E-state index in [1.165, 1.54) is 6.07 Å². The van der Waals surface area contributed by atoms with E-state index in [1.807, 2.05) is 20.8 Å². The van der Waals surface area contributed by atoms with Crippen LogP contribution in [0, 0.1) is 5.82 Å². The molecule has 100 valence electrons. The molecule has 1 aromatic rings. The molecular weight excluding hydrogens is 301 g/mol. The van der Waals surface area contributed by atoms with Gasteiger partial charge in [0.1, 0.15) is 11.4 Å². The van der Waals surface area contributed by atoms with Gasteiger partial charge in [0.15, 0.2) is 0 Å². The van der Waals surface area contributed by atoms with E-state index in [4.69, 9.17) is 4.74 Å². The van der Waals surface area contributed by atoms with E-state index >= 15 is 0 Å². The lowest BCUT2D eigenvalue weighted by Crippen LogP contribution is -2.31. The second-order valence-electron chi connectivity index (χ2n) is 4.90. The number of esters is 1. The lowest BCUT2D eigenvalue weighted by molar-refractivity contribution is -0.153. The van der Waals surface area contributed by atoms with Crippen molar-refractivity contribution in [1.29, 1.82) is 0 Å². The third-order valence-electron chi connectivity index (χ3n) is 2.04. The highest BCUT2D eigenvalue weighted by Gasteiger charge is 2.15. The van der Waals surface area contributed by atoms with Crippen molar-refractivity contribution in [3.8, 4) is 0 Å². The first-order valence-electron chi connectivity index (χ1n) is 5.65. The summed E-state index contributed by atoms with van der Waals surface area (Å²) in [6.07, 6.45) is 0. The van der Waals surface area contributed by atoms with Crippen LogP contribution in [0.3, 0.4) is 0 Å². The number of halogens is 2. The Morgan fingerprint density at radius 3 is 2.72 bits per heavy atom. The number of carbonyl (C=O) groups is 1. The number of benzene rings is 1. The average molecular weight is 318 g/mol. The number of hydrogen-bond acceptors (Lipinski definition) is 3. The molecule has 0 fully saturated rings. The highest BCUT2D eigenvalue weighted by atomic mass is 79.9. The van der Waals surface area contributed by atoms with Crippen LogP contribution in [0.4, 0.5) is 4.39 Å². The van der Waals surface area contributed by atoms with Crippen molar-refractivity contribution in [3.63, 3.8) is 0 Å². The third-order valence-corrected chi connectivity index (χ3v) is 2.92. The number of nitrogens with one attached hydrogen (secondary N) is 1. The van der Waals surface area contributed by atoms with Gasteiger partial charge in [-0.25, -0.2) is 4.39 Å². The van der Waals surface area contributed by atoms with Crippen LogP contribution in [0.1, 0.15) is 26.3 Å². The Morgan fingerprint density at radius 1 is 1.44 bits per heavy atom. The fourth-order valence-corrected chi connectivity index (χ4v) is 1.77. The predicted molar refractivity (Wildman–Crippen MR) is 71.7 cm³/mol. The zero-order valence-corrected chi connectivity index (χ0v) is 12.3. The molecule has 0 aliphatic rings. The molecule has 0 heterocycles. The molecule has 0 saturated carbocycles. The zero-order valence-electron chi connectivity index (χ0n) is 10.7. The molecule has 18 heavy (non-hydrogen) atoms. The van der Waals surface area contributed by atoms with Gasteiger partial charge in [-0.2, -0.15) is 0 Å². The standard InChI is InChI=1S/C13H17BrFNO2/c1-13(2,3)18-11(17)8-16-7-9-5-4-6-10(15)12(9)14/h4-6,16H,7-8H2,1-3H3. The Bertz CT molecular complexity index is 429. The van der Waals surface area contributed by atoms with Crippen LogP contribution in [-0.4, -0.2) is 18.1 Å². The molecule has 0 aliphatic heterocycles. The van der Waals surface area contributed by atoms with Gasteiger partial charge in [0, 0.05) is 6.54 Å². The van der Waals surface area contributed by atoms with Crippen LogP contribution < -0.4 is 5.32 Å². The van der Waals surface area contributed by atoms with Gasteiger partial charge < -0.3 is 10.1 Å². The maximum atomic E-state index is 13.2. The fourth-order valence-electron chi connectivity index (χ4n) is 1.36. The summed E-state index contributed by atoms with van der Waals surface area (Å²) >= 11 is 3.17. The predicted octanol–water partition coefficient (Wildman–Crippen LogP) is 3.02. The number of rotatable bonds is 4. The second-order valence-corrected chi connectivity index (χ2v) is 5.70. The van der Waals surface area contributed by atoms with Crippen molar-refractivity contribution in [2.24, 2.45) is 0 Å². The Hall–Kier alpha value is -0.940. The van der Waals surface area contributed by atoms with Gasteiger partial charge in [0.2, 0.25) is 0 Å². The van der Waals surface area contributed by atoms with E-state index in [0.717, 1.165) is 5.56 Å². The Kier molecular flexibility index (Phi) is 5.28. The molecule has 3 nitrogen and oxygen atoms in total. The summed E-state index contributed by atoms with van der Waals surface area (Å²) < 4.78 is 18.8. The fraction of sp³-hybridized carbons (Fsp3) is 0.462. The van der Waals surface area contributed by atoms with Crippen LogP contribution in [0.15, 0.2) is 22.7 Å². The molecule has 1 rings (SSSR count). The first kappa shape index (κ1) is 15.1. The van der Waals surface area contributed by atoms with Gasteiger partial charge in [-0.05, 0) is 48.3 Å². The Morgan fingerprint density at radius 2 is 2.11 bits per heavy atom. The molecular formula is C13H17BrFNO2. The summed E-state index contributed by atoms with van der Waals surface area (Å²) in [4.78, 5) is 11.4. The summed E-state index contributed by atoms with van der Waals surface area (Å²) in [5, 5.41) is 2.92. The Balaban J connectivity index is 2.43. The number of carbonyl (C=O) groups excluding carboxylic acids is 1. The zero-order chi connectivity index (χ0) is 13.8. The van der Waals surface area contributed by atoms with Crippen molar-refractivity contribution in [2.45, 2.75) is 32.9 Å². The van der Waals surface area contributed by atoms with Gasteiger partial charge in [0.05, 0.1) is 11.0 Å². The van der Waals surface area contributed by atoms with Crippen molar-refractivity contribution in [3.05, 3.63) is 34.1 Å². The van der Waals surface area contributed by atoms with Crippen molar-refractivity contribution < 1.29 is 13.9 Å². The van der Waals surface area contributed by atoms with Gasteiger partial charge in [0.25, 0.3) is 0 Å². The molecule has 1 N–H and O–H groups in total. The van der Waals surface area contributed by atoms with Crippen LogP contribution in [0.5, 0.6) is 0 Å². The largest absolute Gasteiger partial charge is 0.459 e. The lowest BCUT2D eigenvalue weighted by atomic mass is 10.2. The van der Waals surface area contributed by atoms with Gasteiger partial charge in [-0.3, -0.25) is 4.79 Å². The minimum atomic E-state index is -0.488. The number of hydrogen-bond donors (Lipinski definition) is 1. The normalized spacial score (nSPS) is 11.4. The number of ether oxygens (including phenoxy) is 1. The van der Waals surface area contributed by atoms with Crippen LogP contribution in [-0.2, 0) is 16.1 Å². The summed E-state index contributed by atoms with van der Waals surface area (Å²) in [6, 6.07) is 4.79. The monoisotopic (exact) mass is 317 g/mol. The molecule has 0 bridgehead atoms. The average Bonchev–Trinajstić information content (AvgIpc) is 2.21. The summed E-state index contributed by atoms with van der Waals surface area (Å²) in [6.45, 7) is 5.94. The molecule has 0 aliphatic carbocycles. The Labute approximate surface area is 115 Å². The van der Waals surface area contributed by atoms with E-state index in [9.17, 15) is 9.18 Å². The van der Waals surface area contributed by atoms with E-state index in [0.29, 0.717) is 11.0 Å². The smallest absolute Gasteiger partial charge is 0.320 e. The highest BCUT2D eigenvalue weighted by Crippen LogP contribution is 2.19. The molecule has 0 amide bonds. The molecule has 0 spiro atoms. The van der Waals surface area contributed by atoms with Gasteiger partial charge in [-0.15, -0.1) is 0 Å². The first-order chi connectivity index (χ1) is 8.29. The lowest BCUT2D eigenvalue weighted by Gasteiger charge is -2.19. The maximum Gasteiger partial charge on any atom is 0.320 e. The summed E-state index contributed by atoms with van der Waals surface area (Å²) in [5.74, 6) is -0.637. The molecule has 0 aromatic heterocycles. The topological polar surface area (TPSA) is 38.3 Å². The summed E-state index contributed by atoms with van der Waals surface area (Å²) in [5.41, 5.74) is 0.275. The minimum absolute atomic E-state index is 0.0974. The van der Waals surface area contributed by atoms with Crippen molar-refractivity contribution in [1.82, 2.24) is 5.32 Å². The SMILES string of the molecule is CC(C)(C)OC(=O)CNCc1cccc(F)c1Br. The van der Waals surface area contributed by atoms with Gasteiger partial charge >= 0.3 is 5.97 Å². The van der Waals surface area contributed by atoms with E-state index in [1.54, 1.807) is 12.1 Å². The molecule has 0 unspecified atom stereocenters. The minimum Gasteiger partial charge on any atom is -0.459 e. The molecule has 0 radical (unpaired) electrons. The van der Waals surface area contributed by atoms with Crippen molar-refractivity contribution >= 4 is 21.9 Å². The molecule has 1 aromatic carbocycles. The third kappa shape index (κ3) is 5.14. The molecule has 5 heteroatoms.